The zero-order valence-corrected chi connectivity index (χ0v) is 13.1. The maximum Gasteiger partial charge on any atom is 0.236 e. The fraction of sp³-hybridized carbons (Fsp3) is 0.429. The van der Waals surface area contributed by atoms with E-state index in [4.69, 9.17) is 22.1 Å². The molecule has 4 N–H and O–H groups in total. The molecule has 1 atom stereocenters. The molecule has 0 radical (unpaired) electrons. The van der Waals surface area contributed by atoms with Crippen molar-refractivity contribution < 1.29 is 14.3 Å². The second-order valence-corrected chi connectivity index (χ2v) is 5.09. The van der Waals surface area contributed by atoms with E-state index in [1.54, 1.807) is 19.1 Å². The molecule has 0 aliphatic heterocycles. The summed E-state index contributed by atoms with van der Waals surface area (Å²) >= 11 is 6.00. The molecule has 0 heterocycles. The molecule has 0 saturated heterocycles. The summed E-state index contributed by atoms with van der Waals surface area (Å²) < 4.78 is 5.17. The number of rotatable bonds is 6. The standard InChI is InChI=1S/C14H20ClN3O3/c1-8-6-11(12(21-3)7-10(8)15)18-13(19)4-5-17-14(20)9(2)16/h6-7,9H,4-5,16H2,1-3H3,(H,17,20)(H,18,19)/t9-/m0/s1. The van der Waals surface area contributed by atoms with Crippen molar-refractivity contribution in [1.29, 1.82) is 0 Å². The average molecular weight is 314 g/mol. The van der Waals surface area contributed by atoms with Gasteiger partial charge < -0.3 is 21.1 Å². The van der Waals surface area contributed by atoms with E-state index in [9.17, 15) is 9.59 Å². The number of amides is 2. The highest BCUT2D eigenvalue weighted by Crippen LogP contribution is 2.30. The van der Waals surface area contributed by atoms with Crippen LogP contribution < -0.4 is 21.1 Å². The van der Waals surface area contributed by atoms with Crippen molar-refractivity contribution in [1.82, 2.24) is 5.32 Å². The number of carbonyl (C=O) groups excluding carboxylic acids is 2. The molecule has 1 aromatic rings. The van der Waals surface area contributed by atoms with Gasteiger partial charge in [-0.1, -0.05) is 11.6 Å². The Morgan fingerprint density at radius 1 is 1.43 bits per heavy atom. The predicted molar refractivity (Wildman–Crippen MR) is 82.6 cm³/mol. The summed E-state index contributed by atoms with van der Waals surface area (Å²) in [4.78, 5) is 23.1. The van der Waals surface area contributed by atoms with Crippen LogP contribution in [0.2, 0.25) is 5.02 Å². The highest BCUT2D eigenvalue weighted by atomic mass is 35.5. The molecule has 0 fully saturated rings. The number of methoxy groups -OCH3 is 1. The van der Waals surface area contributed by atoms with E-state index in [0.29, 0.717) is 16.5 Å². The molecule has 0 saturated carbocycles. The van der Waals surface area contributed by atoms with Crippen LogP contribution in [0.4, 0.5) is 5.69 Å². The lowest BCUT2D eigenvalue weighted by atomic mass is 10.2. The van der Waals surface area contributed by atoms with Crippen molar-refractivity contribution >= 4 is 29.1 Å². The fourth-order valence-corrected chi connectivity index (χ4v) is 1.76. The SMILES string of the molecule is COc1cc(Cl)c(C)cc1NC(=O)CCNC(=O)[C@H](C)N. The van der Waals surface area contributed by atoms with E-state index in [0.717, 1.165) is 5.56 Å². The Morgan fingerprint density at radius 3 is 2.67 bits per heavy atom. The Morgan fingerprint density at radius 2 is 2.10 bits per heavy atom. The molecular weight excluding hydrogens is 294 g/mol. The summed E-state index contributed by atoms with van der Waals surface area (Å²) in [6.07, 6.45) is 0.142. The van der Waals surface area contributed by atoms with Crippen LogP contribution in [0.5, 0.6) is 5.75 Å². The minimum Gasteiger partial charge on any atom is -0.495 e. The second kappa shape index (κ2) is 7.85. The van der Waals surface area contributed by atoms with Gasteiger partial charge in [0.15, 0.2) is 0 Å². The molecule has 1 rings (SSSR count). The molecule has 0 aliphatic rings. The van der Waals surface area contributed by atoms with Crippen LogP contribution >= 0.6 is 11.6 Å². The molecule has 0 aromatic heterocycles. The molecule has 0 unspecified atom stereocenters. The van der Waals surface area contributed by atoms with Gasteiger partial charge in [-0.15, -0.1) is 0 Å². The van der Waals surface area contributed by atoms with Crippen LogP contribution in [-0.2, 0) is 9.59 Å². The van der Waals surface area contributed by atoms with E-state index in [1.807, 2.05) is 6.92 Å². The summed E-state index contributed by atoms with van der Waals surface area (Å²) in [5.74, 6) is -0.0405. The Bertz CT molecular complexity index is 532. The molecule has 0 bridgehead atoms. The minimum absolute atomic E-state index is 0.142. The van der Waals surface area contributed by atoms with Crippen molar-refractivity contribution in [2.24, 2.45) is 5.73 Å². The van der Waals surface area contributed by atoms with Crippen LogP contribution in [0.1, 0.15) is 18.9 Å². The predicted octanol–water partition coefficient (Wildman–Crippen LogP) is 1.45. The number of halogens is 1. The summed E-state index contributed by atoms with van der Waals surface area (Å²) in [6.45, 7) is 3.64. The minimum atomic E-state index is -0.591. The van der Waals surface area contributed by atoms with E-state index in [-0.39, 0.29) is 24.8 Å². The summed E-state index contributed by atoms with van der Waals surface area (Å²) in [5.41, 5.74) is 6.78. The molecule has 116 valence electrons. The van der Waals surface area contributed by atoms with Crippen molar-refractivity contribution in [2.75, 3.05) is 19.0 Å². The second-order valence-electron chi connectivity index (χ2n) is 4.68. The summed E-state index contributed by atoms with van der Waals surface area (Å²) in [5, 5.41) is 5.86. The smallest absolute Gasteiger partial charge is 0.236 e. The Hall–Kier alpha value is -1.79. The summed E-state index contributed by atoms with van der Waals surface area (Å²) in [6, 6.07) is 2.79. The van der Waals surface area contributed by atoms with Crippen LogP contribution in [-0.4, -0.2) is 31.5 Å². The molecular formula is C14H20ClN3O3. The topological polar surface area (TPSA) is 93.5 Å². The number of benzene rings is 1. The van der Waals surface area contributed by atoms with Crippen molar-refractivity contribution in [2.45, 2.75) is 26.3 Å². The highest BCUT2D eigenvalue weighted by Gasteiger charge is 2.11. The van der Waals surface area contributed by atoms with Crippen LogP contribution in [0.3, 0.4) is 0 Å². The van der Waals surface area contributed by atoms with Gasteiger partial charge in [0.2, 0.25) is 11.8 Å². The van der Waals surface area contributed by atoms with Crippen LogP contribution in [0.15, 0.2) is 12.1 Å². The van der Waals surface area contributed by atoms with Gasteiger partial charge in [0.05, 0.1) is 18.8 Å². The molecule has 6 nitrogen and oxygen atoms in total. The third-order valence-corrected chi connectivity index (χ3v) is 3.23. The highest BCUT2D eigenvalue weighted by molar-refractivity contribution is 6.31. The van der Waals surface area contributed by atoms with E-state index >= 15 is 0 Å². The molecule has 7 heteroatoms. The first-order valence-corrected chi connectivity index (χ1v) is 6.90. The summed E-state index contributed by atoms with van der Waals surface area (Å²) in [7, 11) is 1.50. The average Bonchev–Trinajstić information content (AvgIpc) is 2.42. The lowest BCUT2D eigenvalue weighted by Crippen LogP contribution is -2.39. The van der Waals surface area contributed by atoms with Gasteiger partial charge in [0.25, 0.3) is 0 Å². The van der Waals surface area contributed by atoms with Crippen LogP contribution in [0, 0.1) is 6.92 Å². The van der Waals surface area contributed by atoms with Gasteiger partial charge in [-0.3, -0.25) is 9.59 Å². The lowest BCUT2D eigenvalue weighted by molar-refractivity contribution is -0.122. The zero-order valence-electron chi connectivity index (χ0n) is 12.3. The Kier molecular flexibility index (Phi) is 6.45. The Labute approximate surface area is 129 Å². The maximum atomic E-state index is 11.8. The first kappa shape index (κ1) is 17.3. The third kappa shape index (κ3) is 5.24. The van der Waals surface area contributed by atoms with Gasteiger partial charge in [0.1, 0.15) is 5.75 Å². The number of ether oxygens (including phenoxy) is 1. The quantitative estimate of drug-likeness (QED) is 0.741. The van der Waals surface area contributed by atoms with Crippen molar-refractivity contribution in [3.05, 3.63) is 22.7 Å². The van der Waals surface area contributed by atoms with Gasteiger partial charge in [-0.05, 0) is 25.5 Å². The molecule has 0 spiro atoms. The largest absolute Gasteiger partial charge is 0.495 e. The van der Waals surface area contributed by atoms with Gasteiger partial charge in [-0.25, -0.2) is 0 Å². The first-order chi connectivity index (χ1) is 9.85. The van der Waals surface area contributed by atoms with Crippen LogP contribution in [0.25, 0.3) is 0 Å². The number of aryl methyl sites for hydroxylation is 1. The number of nitrogens with two attached hydrogens (primary N) is 1. The molecule has 0 aliphatic carbocycles. The zero-order chi connectivity index (χ0) is 16.0. The van der Waals surface area contributed by atoms with Gasteiger partial charge in [0, 0.05) is 24.1 Å². The molecule has 2 amide bonds. The lowest BCUT2D eigenvalue weighted by Gasteiger charge is -2.12. The monoisotopic (exact) mass is 313 g/mol. The first-order valence-electron chi connectivity index (χ1n) is 6.52. The van der Waals surface area contributed by atoms with E-state index in [2.05, 4.69) is 10.6 Å². The van der Waals surface area contributed by atoms with E-state index < -0.39 is 6.04 Å². The number of hydrogen-bond donors (Lipinski definition) is 3. The van der Waals surface area contributed by atoms with Crippen molar-refractivity contribution in [3.8, 4) is 5.75 Å². The van der Waals surface area contributed by atoms with Crippen molar-refractivity contribution in [3.63, 3.8) is 0 Å². The molecule has 1 aromatic carbocycles. The number of hydrogen-bond acceptors (Lipinski definition) is 4. The number of carbonyl (C=O) groups is 2. The normalized spacial score (nSPS) is 11.7. The van der Waals surface area contributed by atoms with Gasteiger partial charge >= 0.3 is 0 Å². The fourth-order valence-electron chi connectivity index (χ4n) is 1.60. The molecule has 21 heavy (non-hydrogen) atoms. The third-order valence-electron chi connectivity index (χ3n) is 2.82. The number of anilines is 1. The Balaban J connectivity index is 2.59. The van der Waals surface area contributed by atoms with Gasteiger partial charge in [-0.2, -0.15) is 0 Å². The maximum absolute atomic E-state index is 11.8. The van der Waals surface area contributed by atoms with E-state index in [1.165, 1.54) is 7.11 Å². The number of nitrogens with one attached hydrogen (secondary N) is 2.